The van der Waals surface area contributed by atoms with Crippen LogP contribution in [0.4, 0.5) is 5.69 Å². The van der Waals surface area contributed by atoms with Crippen LogP contribution in [0.1, 0.15) is 18.1 Å². The van der Waals surface area contributed by atoms with Crippen molar-refractivity contribution in [1.29, 1.82) is 0 Å². The first-order valence-electron chi connectivity index (χ1n) is 9.45. The summed E-state index contributed by atoms with van der Waals surface area (Å²) in [6, 6.07) is 24.5. The molecule has 3 aromatic carbocycles. The number of hydrogen-bond acceptors (Lipinski definition) is 3. The highest BCUT2D eigenvalue weighted by Crippen LogP contribution is 2.32. The van der Waals surface area contributed by atoms with E-state index in [4.69, 9.17) is 4.74 Å². The minimum atomic E-state index is -0.240. The third-order valence-corrected chi connectivity index (χ3v) is 4.38. The Labute approximate surface area is 170 Å². The molecule has 0 atom stereocenters. The molecule has 29 heavy (non-hydrogen) atoms. The molecular weight excluding hydrogens is 364 g/mol. The molecule has 148 valence electrons. The molecule has 3 aromatic rings. The van der Waals surface area contributed by atoms with Gasteiger partial charge < -0.3 is 10.1 Å². The first-order chi connectivity index (χ1) is 14.0. The summed E-state index contributed by atoms with van der Waals surface area (Å²) in [4.78, 5) is 26.2. The Bertz CT molecular complexity index is 986. The number of rotatable bonds is 7. The zero-order chi connectivity index (χ0) is 20.6. The van der Waals surface area contributed by atoms with Crippen molar-refractivity contribution in [1.82, 2.24) is 5.32 Å². The summed E-state index contributed by atoms with van der Waals surface area (Å²) in [7, 11) is 0. The highest BCUT2D eigenvalue weighted by atomic mass is 16.5. The number of benzene rings is 3. The number of anilines is 1. The summed E-state index contributed by atoms with van der Waals surface area (Å²) in [6.07, 6.45) is 0. The van der Waals surface area contributed by atoms with Crippen LogP contribution in [0.3, 0.4) is 0 Å². The van der Waals surface area contributed by atoms with Crippen molar-refractivity contribution in [3.8, 4) is 11.5 Å². The number of para-hydroxylation sites is 3. The molecule has 5 heteroatoms. The van der Waals surface area contributed by atoms with Gasteiger partial charge in [-0.1, -0.05) is 60.2 Å². The third kappa shape index (κ3) is 5.69. The first-order valence-corrected chi connectivity index (χ1v) is 9.45. The van der Waals surface area contributed by atoms with Crippen molar-refractivity contribution in [3.05, 3.63) is 90.0 Å². The van der Waals surface area contributed by atoms with Gasteiger partial charge in [-0.2, -0.15) is 0 Å². The summed E-state index contributed by atoms with van der Waals surface area (Å²) in [5.41, 5.74) is 2.70. The van der Waals surface area contributed by atoms with E-state index < -0.39 is 0 Å². The van der Waals surface area contributed by atoms with Crippen molar-refractivity contribution < 1.29 is 14.3 Å². The summed E-state index contributed by atoms with van der Waals surface area (Å²) in [6.45, 7) is 3.77. The van der Waals surface area contributed by atoms with Crippen LogP contribution in [0.2, 0.25) is 0 Å². The molecule has 2 amide bonds. The standard InChI is InChI=1S/C24H24N2O3/c1-18-9-8-10-20(15-18)16-25-24(28)17-26(19(2)27)22-13-6-7-14-23(22)29-21-11-4-3-5-12-21/h3-15H,16-17H2,1-2H3,(H,25,28). The van der Waals surface area contributed by atoms with Crippen LogP contribution in [0.15, 0.2) is 78.9 Å². The lowest BCUT2D eigenvalue weighted by atomic mass is 10.1. The molecule has 0 unspecified atom stereocenters. The lowest BCUT2D eigenvalue weighted by Crippen LogP contribution is -2.39. The van der Waals surface area contributed by atoms with Crippen LogP contribution >= 0.6 is 0 Å². The predicted octanol–water partition coefficient (Wildman–Crippen LogP) is 4.46. The average Bonchev–Trinajstić information content (AvgIpc) is 2.72. The van der Waals surface area contributed by atoms with E-state index in [9.17, 15) is 9.59 Å². The molecule has 0 saturated carbocycles. The van der Waals surface area contributed by atoms with E-state index >= 15 is 0 Å². The molecule has 0 aliphatic rings. The van der Waals surface area contributed by atoms with Crippen LogP contribution in [0.25, 0.3) is 0 Å². The molecule has 1 N–H and O–H groups in total. The van der Waals surface area contributed by atoms with Crippen LogP contribution in [0, 0.1) is 6.92 Å². The molecule has 0 aliphatic carbocycles. The van der Waals surface area contributed by atoms with Crippen LogP contribution in [0.5, 0.6) is 11.5 Å². The highest BCUT2D eigenvalue weighted by molar-refractivity contribution is 5.98. The second-order valence-corrected chi connectivity index (χ2v) is 6.75. The number of carbonyl (C=O) groups excluding carboxylic acids is 2. The molecule has 0 aliphatic heterocycles. The Hall–Kier alpha value is -3.60. The zero-order valence-electron chi connectivity index (χ0n) is 16.6. The fourth-order valence-electron chi connectivity index (χ4n) is 2.97. The molecule has 5 nitrogen and oxygen atoms in total. The Morgan fingerprint density at radius 2 is 1.66 bits per heavy atom. The van der Waals surface area contributed by atoms with Gasteiger partial charge in [0.15, 0.2) is 5.75 Å². The van der Waals surface area contributed by atoms with Gasteiger partial charge in [0.1, 0.15) is 12.3 Å². The normalized spacial score (nSPS) is 10.3. The van der Waals surface area contributed by atoms with Gasteiger partial charge in [0, 0.05) is 13.5 Å². The minimum absolute atomic E-state index is 0.0870. The Balaban J connectivity index is 1.73. The molecule has 0 spiro atoms. The van der Waals surface area contributed by atoms with E-state index in [2.05, 4.69) is 5.32 Å². The first kappa shape index (κ1) is 20.1. The van der Waals surface area contributed by atoms with E-state index in [-0.39, 0.29) is 18.4 Å². The second kappa shape index (κ2) is 9.55. The van der Waals surface area contributed by atoms with Crippen molar-refractivity contribution >= 4 is 17.5 Å². The van der Waals surface area contributed by atoms with Crippen LogP contribution in [-0.4, -0.2) is 18.4 Å². The van der Waals surface area contributed by atoms with E-state index in [1.54, 1.807) is 12.1 Å². The summed E-state index contributed by atoms with van der Waals surface area (Å²) in [5.74, 6) is 0.698. The predicted molar refractivity (Wildman–Crippen MR) is 114 cm³/mol. The highest BCUT2D eigenvalue weighted by Gasteiger charge is 2.19. The van der Waals surface area contributed by atoms with Gasteiger partial charge in [0.2, 0.25) is 11.8 Å². The number of hydrogen-bond donors (Lipinski definition) is 1. The maximum Gasteiger partial charge on any atom is 0.240 e. The van der Waals surface area contributed by atoms with E-state index in [1.807, 2.05) is 73.7 Å². The Morgan fingerprint density at radius 1 is 0.931 bits per heavy atom. The lowest BCUT2D eigenvalue weighted by molar-refractivity contribution is -0.123. The largest absolute Gasteiger partial charge is 0.455 e. The van der Waals surface area contributed by atoms with Gasteiger partial charge in [-0.25, -0.2) is 0 Å². The van der Waals surface area contributed by atoms with E-state index in [0.29, 0.717) is 23.7 Å². The number of carbonyl (C=O) groups is 2. The van der Waals surface area contributed by atoms with Gasteiger partial charge in [-0.3, -0.25) is 14.5 Å². The smallest absolute Gasteiger partial charge is 0.240 e. The second-order valence-electron chi connectivity index (χ2n) is 6.75. The molecule has 0 bridgehead atoms. The number of amides is 2. The van der Waals surface area contributed by atoms with Crippen LogP contribution < -0.4 is 15.0 Å². The topological polar surface area (TPSA) is 58.6 Å². The fourth-order valence-corrected chi connectivity index (χ4v) is 2.97. The summed E-state index contributed by atoms with van der Waals surface area (Å²) < 4.78 is 5.94. The van der Waals surface area contributed by atoms with E-state index in [1.165, 1.54) is 11.8 Å². The van der Waals surface area contributed by atoms with Gasteiger partial charge >= 0.3 is 0 Å². The van der Waals surface area contributed by atoms with Crippen molar-refractivity contribution in [2.75, 3.05) is 11.4 Å². The molecule has 0 heterocycles. The van der Waals surface area contributed by atoms with Gasteiger partial charge in [0.25, 0.3) is 0 Å². The third-order valence-electron chi connectivity index (χ3n) is 4.38. The number of nitrogens with one attached hydrogen (secondary N) is 1. The molecule has 0 radical (unpaired) electrons. The number of aryl methyl sites for hydroxylation is 1. The van der Waals surface area contributed by atoms with Gasteiger partial charge in [-0.05, 0) is 36.8 Å². The number of ether oxygens (including phenoxy) is 1. The van der Waals surface area contributed by atoms with Crippen molar-refractivity contribution in [2.45, 2.75) is 20.4 Å². The SMILES string of the molecule is CC(=O)N(CC(=O)NCc1cccc(C)c1)c1ccccc1Oc1ccccc1. The monoisotopic (exact) mass is 388 g/mol. The van der Waals surface area contributed by atoms with Gasteiger partial charge in [0.05, 0.1) is 5.69 Å². The minimum Gasteiger partial charge on any atom is -0.455 e. The molecule has 0 fully saturated rings. The average molecular weight is 388 g/mol. The fraction of sp³-hybridized carbons (Fsp3) is 0.167. The Kier molecular flexibility index (Phi) is 6.63. The quantitative estimate of drug-likeness (QED) is 0.650. The molecule has 0 aromatic heterocycles. The lowest BCUT2D eigenvalue weighted by Gasteiger charge is -2.23. The summed E-state index contributed by atoms with van der Waals surface area (Å²) in [5, 5.41) is 2.88. The van der Waals surface area contributed by atoms with E-state index in [0.717, 1.165) is 11.1 Å². The van der Waals surface area contributed by atoms with Gasteiger partial charge in [-0.15, -0.1) is 0 Å². The molecular formula is C24H24N2O3. The molecule has 3 rings (SSSR count). The van der Waals surface area contributed by atoms with Crippen molar-refractivity contribution in [3.63, 3.8) is 0 Å². The summed E-state index contributed by atoms with van der Waals surface area (Å²) >= 11 is 0. The molecule has 0 saturated heterocycles. The van der Waals surface area contributed by atoms with Crippen LogP contribution in [-0.2, 0) is 16.1 Å². The zero-order valence-corrected chi connectivity index (χ0v) is 16.6. The van der Waals surface area contributed by atoms with Crippen molar-refractivity contribution in [2.24, 2.45) is 0 Å². The Morgan fingerprint density at radius 3 is 2.38 bits per heavy atom. The maximum absolute atomic E-state index is 12.5. The number of nitrogens with zero attached hydrogens (tertiary/aromatic N) is 1. The maximum atomic E-state index is 12.5.